The SMILES string of the molecule is O=C(N[C@H]1C[C@H](O)C1)c1nc(NCc2cncc(F)c2)nc2ccsc12. The highest BCUT2D eigenvalue weighted by Gasteiger charge is 2.29. The van der Waals surface area contributed by atoms with Gasteiger partial charge in [-0.05, 0) is 35.9 Å². The summed E-state index contributed by atoms with van der Waals surface area (Å²) in [6.45, 7) is 0.288. The molecule has 0 aliphatic heterocycles. The number of aliphatic hydroxyl groups excluding tert-OH is 1. The van der Waals surface area contributed by atoms with Crippen LogP contribution in [0.3, 0.4) is 0 Å². The first-order valence-electron chi connectivity index (χ1n) is 8.16. The highest BCUT2D eigenvalue weighted by atomic mass is 32.1. The van der Waals surface area contributed by atoms with E-state index in [0.717, 1.165) is 6.20 Å². The molecule has 1 aliphatic rings. The number of hydrogen-bond acceptors (Lipinski definition) is 7. The van der Waals surface area contributed by atoms with Gasteiger partial charge in [0.2, 0.25) is 5.95 Å². The summed E-state index contributed by atoms with van der Waals surface area (Å²) < 4.78 is 13.9. The number of thiophene rings is 1. The second kappa shape index (κ2) is 6.93. The predicted octanol–water partition coefficient (Wildman–Crippen LogP) is 2.09. The Balaban J connectivity index is 1.55. The Bertz CT molecular complexity index is 957. The molecule has 0 spiro atoms. The van der Waals surface area contributed by atoms with Gasteiger partial charge < -0.3 is 15.7 Å². The van der Waals surface area contributed by atoms with Crippen LogP contribution in [0.4, 0.5) is 10.3 Å². The first-order valence-corrected chi connectivity index (χ1v) is 9.04. The number of fused-ring (bicyclic) bond motifs is 1. The van der Waals surface area contributed by atoms with E-state index in [0.29, 0.717) is 40.3 Å². The van der Waals surface area contributed by atoms with Crippen molar-refractivity contribution in [1.29, 1.82) is 0 Å². The van der Waals surface area contributed by atoms with E-state index in [2.05, 4.69) is 25.6 Å². The highest BCUT2D eigenvalue weighted by Crippen LogP contribution is 2.25. The topological polar surface area (TPSA) is 100 Å². The Morgan fingerprint density at radius 1 is 1.35 bits per heavy atom. The number of aliphatic hydroxyl groups is 1. The molecule has 3 heterocycles. The third-order valence-corrected chi connectivity index (χ3v) is 5.09. The molecule has 26 heavy (non-hydrogen) atoms. The van der Waals surface area contributed by atoms with Gasteiger partial charge in [0.05, 0.1) is 22.5 Å². The number of anilines is 1. The number of carbonyl (C=O) groups excluding carboxylic acids is 1. The van der Waals surface area contributed by atoms with Gasteiger partial charge in [-0.3, -0.25) is 9.78 Å². The van der Waals surface area contributed by atoms with Gasteiger partial charge in [-0.25, -0.2) is 14.4 Å². The van der Waals surface area contributed by atoms with Crippen molar-refractivity contribution in [3.05, 3.63) is 47.0 Å². The lowest BCUT2D eigenvalue weighted by atomic mass is 9.89. The fourth-order valence-electron chi connectivity index (χ4n) is 2.79. The van der Waals surface area contributed by atoms with Crippen LogP contribution >= 0.6 is 11.3 Å². The van der Waals surface area contributed by atoms with Crippen molar-refractivity contribution < 1.29 is 14.3 Å². The minimum absolute atomic E-state index is 0.0303. The lowest BCUT2D eigenvalue weighted by Gasteiger charge is -2.31. The minimum atomic E-state index is -0.416. The van der Waals surface area contributed by atoms with Crippen LogP contribution in [-0.2, 0) is 6.54 Å². The normalized spacial score (nSPS) is 19.2. The summed E-state index contributed by atoms with van der Waals surface area (Å²) >= 11 is 1.40. The van der Waals surface area contributed by atoms with Crippen molar-refractivity contribution in [1.82, 2.24) is 20.3 Å². The number of halogens is 1. The maximum absolute atomic E-state index is 13.2. The fraction of sp³-hybridized carbons (Fsp3) is 0.294. The Morgan fingerprint density at radius 2 is 2.19 bits per heavy atom. The summed E-state index contributed by atoms with van der Waals surface area (Å²) in [6, 6.07) is 3.16. The molecule has 9 heteroatoms. The van der Waals surface area contributed by atoms with Gasteiger partial charge in [0.25, 0.3) is 5.91 Å². The number of amides is 1. The Labute approximate surface area is 152 Å². The average molecular weight is 373 g/mol. The maximum atomic E-state index is 13.2. The quantitative estimate of drug-likeness (QED) is 0.633. The number of nitrogens with one attached hydrogen (secondary N) is 2. The molecule has 0 aromatic carbocycles. The number of hydrogen-bond donors (Lipinski definition) is 3. The van der Waals surface area contributed by atoms with Crippen molar-refractivity contribution in [3.8, 4) is 0 Å². The van der Waals surface area contributed by atoms with Crippen molar-refractivity contribution in [2.75, 3.05) is 5.32 Å². The lowest BCUT2D eigenvalue weighted by Crippen LogP contribution is -2.47. The molecular formula is C17H16FN5O2S. The van der Waals surface area contributed by atoms with Crippen LogP contribution in [0.5, 0.6) is 0 Å². The van der Waals surface area contributed by atoms with Crippen LogP contribution < -0.4 is 10.6 Å². The molecule has 0 saturated heterocycles. The molecular weight excluding hydrogens is 357 g/mol. The summed E-state index contributed by atoms with van der Waals surface area (Å²) in [7, 11) is 0. The zero-order chi connectivity index (χ0) is 18.1. The second-order valence-electron chi connectivity index (χ2n) is 6.19. The Kier molecular flexibility index (Phi) is 4.48. The van der Waals surface area contributed by atoms with E-state index < -0.39 is 5.82 Å². The van der Waals surface area contributed by atoms with Crippen molar-refractivity contribution >= 4 is 33.4 Å². The van der Waals surface area contributed by atoms with Gasteiger partial charge in [-0.1, -0.05) is 0 Å². The minimum Gasteiger partial charge on any atom is -0.393 e. The first-order chi connectivity index (χ1) is 12.6. The zero-order valence-electron chi connectivity index (χ0n) is 13.6. The number of aromatic nitrogens is 3. The zero-order valence-corrected chi connectivity index (χ0v) is 14.5. The Hall–Kier alpha value is -2.65. The molecule has 3 N–H and O–H groups in total. The molecule has 1 aliphatic carbocycles. The van der Waals surface area contributed by atoms with Crippen LogP contribution in [0, 0.1) is 5.82 Å². The van der Waals surface area contributed by atoms with E-state index in [1.807, 2.05) is 11.4 Å². The summed E-state index contributed by atoms with van der Waals surface area (Å²) in [5, 5.41) is 17.1. The van der Waals surface area contributed by atoms with Crippen molar-refractivity contribution in [3.63, 3.8) is 0 Å². The van der Waals surface area contributed by atoms with Gasteiger partial charge in [0, 0.05) is 18.8 Å². The highest BCUT2D eigenvalue weighted by molar-refractivity contribution is 7.17. The number of carbonyl (C=O) groups is 1. The fourth-order valence-corrected chi connectivity index (χ4v) is 3.61. The predicted molar refractivity (Wildman–Crippen MR) is 95.4 cm³/mol. The molecule has 134 valence electrons. The standard InChI is InChI=1S/C17H16FN5O2S/c18-10-3-9(6-19-8-10)7-20-17-22-13-1-2-26-15(13)14(23-17)16(25)21-11-4-12(24)5-11/h1-3,6,8,11-12,24H,4-5,7H2,(H,21,25)(H,20,22,23)/t11-,12-. The molecule has 7 nitrogen and oxygen atoms in total. The molecule has 1 saturated carbocycles. The van der Waals surface area contributed by atoms with Crippen molar-refractivity contribution in [2.45, 2.75) is 31.5 Å². The molecule has 4 rings (SSSR count). The van der Waals surface area contributed by atoms with Crippen molar-refractivity contribution in [2.24, 2.45) is 0 Å². The van der Waals surface area contributed by atoms with E-state index >= 15 is 0 Å². The number of rotatable bonds is 5. The molecule has 3 aromatic rings. The molecule has 0 radical (unpaired) electrons. The van der Waals surface area contributed by atoms with E-state index in [9.17, 15) is 14.3 Å². The summed E-state index contributed by atoms with van der Waals surface area (Å²) in [6.07, 6.45) is 3.46. The molecule has 1 fully saturated rings. The van der Waals surface area contributed by atoms with Crippen LogP contribution in [0.25, 0.3) is 10.2 Å². The van der Waals surface area contributed by atoms with Crippen LogP contribution in [0.1, 0.15) is 28.9 Å². The molecule has 3 aromatic heterocycles. The average Bonchev–Trinajstić information content (AvgIpc) is 3.06. The third kappa shape index (κ3) is 3.49. The van der Waals surface area contributed by atoms with E-state index in [1.54, 1.807) is 6.20 Å². The van der Waals surface area contributed by atoms with Crippen LogP contribution in [0.15, 0.2) is 29.9 Å². The smallest absolute Gasteiger partial charge is 0.271 e. The number of nitrogens with zero attached hydrogens (tertiary/aromatic N) is 3. The van der Waals surface area contributed by atoms with Crippen LogP contribution in [-0.4, -0.2) is 38.1 Å². The summed E-state index contributed by atoms with van der Waals surface area (Å²) in [4.78, 5) is 25.1. The molecule has 0 atom stereocenters. The van der Waals surface area contributed by atoms with Gasteiger partial charge >= 0.3 is 0 Å². The largest absolute Gasteiger partial charge is 0.393 e. The molecule has 0 bridgehead atoms. The maximum Gasteiger partial charge on any atom is 0.271 e. The van der Waals surface area contributed by atoms with E-state index in [4.69, 9.17) is 0 Å². The first kappa shape index (κ1) is 16.8. The second-order valence-corrected chi connectivity index (χ2v) is 7.11. The number of pyridine rings is 1. The summed E-state index contributed by atoms with van der Waals surface area (Å²) in [5.74, 6) is -0.410. The van der Waals surface area contributed by atoms with Gasteiger partial charge in [0.1, 0.15) is 5.82 Å². The summed E-state index contributed by atoms with van der Waals surface area (Å²) in [5.41, 5.74) is 1.61. The molecule has 0 unspecified atom stereocenters. The lowest BCUT2D eigenvalue weighted by molar-refractivity contribution is 0.0561. The van der Waals surface area contributed by atoms with Gasteiger partial charge in [-0.15, -0.1) is 11.3 Å². The van der Waals surface area contributed by atoms with Crippen LogP contribution in [0.2, 0.25) is 0 Å². The Morgan fingerprint density at radius 3 is 2.96 bits per heavy atom. The monoisotopic (exact) mass is 373 g/mol. The van der Waals surface area contributed by atoms with E-state index in [-0.39, 0.29) is 24.6 Å². The van der Waals surface area contributed by atoms with E-state index in [1.165, 1.54) is 17.4 Å². The van der Waals surface area contributed by atoms with Gasteiger partial charge in [-0.2, -0.15) is 0 Å². The molecule has 1 amide bonds. The van der Waals surface area contributed by atoms with Gasteiger partial charge in [0.15, 0.2) is 5.69 Å². The third-order valence-electron chi connectivity index (χ3n) is 4.18.